The van der Waals surface area contributed by atoms with Crippen molar-refractivity contribution in [1.29, 1.82) is 0 Å². The second-order valence-electron chi connectivity index (χ2n) is 7.40. The van der Waals surface area contributed by atoms with Crippen LogP contribution in [0.15, 0.2) is 62.9 Å². The number of rotatable bonds is 11. The number of allylic oxidation sites excluding steroid dienone is 4. The van der Waals surface area contributed by atoms with E-state index in [-0.39, 0.29) is 23.7 Å². The summed E-state index contributed by atoms with van der Waals surface area (Å²) >= 11 is 0. The van der Waals surface area contributed by atoms with Gasteiger partial charge in [-0.15, -0.1) is 0 Å². The summed E-state index contributed by atoms with van der Waals surface area (Å²) < 4.78 is 16.7. The van der Waals surface area contributed by atoms with E-state index in [1.807, 2.05) is 19.1 Å². The molecule has 0 saturated heterocycles. The molecule has 0 radical (unpaired) electrons. The van der Waals surface area contributed by atoms with Crippen molar-refractivity contribution < 1.29 is 19.0 Å². The van der Waals surface area contributed by atoms with Gasteiger partial charge >= 0.3 is 5.63 Å². The Morgan fingerprint density at radius 1 is 1.10 bits per heavy atom. The van der Waals surface area contributed by atoms with Crippen molar-refractivity contribution in [2.24, 2.45) is 0 Å². The molecule has 2 rings (SSSR count). The third-order valence-electron chi connectivity index (χ3n) is 4.52. The Hall–Kier alpha value is -2.95. The Kier molecular flexibility index (Phi) is 9.26. The zero-order valence-electron chi connectivity index (χ0n) is 18.4. The number of benzene rings is 1. The van der Waals surface area contributed by atoms with Crippen LogP contribution in [0, 0.1) is 0 Å². The summed E-state index contributed by atoms with van der Waals surface area (Å²) in [6, 6.07) is 5.13. The molecule has 0 spiro atoms. The fraction of sp³-hybridized carbons (Fsp3) is 0.400. The average Bonchev–Trinajstić information content (AvgIpc) is 2.70. The fourth-order valence-electron chi connectivity index (χ4n) is 2.89. The molecule has 1 aromatic heterocycles. The SMILES string of the molecule is CCC=CCCOc1cccc2c(O)c(OC/C=C(\C)CCC=C(C)C)c(=O)oc12. The van der Waals surface area contributed by atoms with Crippen LogP contribution in [0.3, 0.4) is 0 Å². The first-order chi connectivity index (χ1) is 14.4. The molecule has 1 heterocycles. The van der Waals surface area contributed by atoms with Crippen molar-refractivity contribution in [2.75, 3.05) is 13.2 Å². The topological polar surface area (TPSA) is 68.9 Å². The van der Waals surface area contributed by atoms with Gasteiger partial charge in [-0.2, -0.15) is 0 Å². The lowest BCUT2D eigenvalue weighted by molar-refractivity contribution is 0.307. The van der Waals surface area contributed by atoms with E-state index in [0.29, 0.717) is 17.7 Å². The lowest BCUT2D eigenvalue weighted by atomic mass is 10.1. The molecular formula is C25H32O5. The van der Waals surface area contributed by atoms with E-state index >= 15 is 0 Å². The third kappa shape index (κ3) is 6.83. The second kappa shape index (κ2) is 11.9. The number of aromatic hydroxyl groups is 1. The van der Waals surface area contributed by atoms with E-state index in [4.69, 9.17) is 13.9 Å². The lowest BCUT2D eigenvalue weighted by Crippen LogP contribution is -2.08. The molecule has 0 unspecified atom stereocenters. The number of fused-ring (bicyclic) bond motifs is 1. The molecule has 0 aliphatic carbocycles. The van der Waals surface area contributed by atoms with Crippen LogP contribution in [0.1, 0.15) is 53.4 Å². The first kappa shape index (κ1) is 23.3. The molecule has 0 fully saturated rings. The minimum atomic E-state index is -0.725. The number of hydrogen-bond donors (Lipinski definition) is 1. The summed E-state index contributed by atoms with van der Waals surface area (Å²) in [5, 5.41) is 11.0. The molecule has 1 aromatic carbocycles. The molecule has 162 valence electrons. The third-order valence-corrected chi connectivity index (χ3v) is 4.52. The van der Waals surface area contributed by atoms with Crippen LogP contribution in [0.2, 0.25) is 0 Å². The summed E-state index contributed by atoms with van der Waals surface area (Å²) in [5.74, 6) is 0.0124. The van der Waals surface area contributed by atoms with Crippen LogP contribution in [-0.2, 0) is 0 Å². The van der Waals surface area contributed by atoms with Crippen LogP contribution in [0.5, 0.6) is 17.2 Å². The summed E-state index contributed by atoms with van der Waals surface area (Å²) in [4.78, 5) is 12.4. The molecule has 0 bridgehead atoms. The molecule has 2 aromatic rings. The Morgan fingerprint density at radius 2 is 1.90 bits per heavy atom. The highest BCUT2D eigenvalue weighted by molar-refractivity contribution is 5.89. The molecule has 5 heteroatoms. The van der Waals surface area contributed by atoms with Gasteiger partial charge in [0.05, 0.1) is 12.0 Å². The Balaban J connectivity index is 2.12. The summed E-state index contributed by atoms with van der Waals surface area (Å²) in [6.07, 6.45) is 11.8. The molecule has 30 heavy (non-hydrogen) atoms. The standard InChI is InChI=1S/C25H32O5/c1-5-6-7-8-16-28-21-14-10-13-20-22(26)24(25(27)30-23(20)21)29-17-15-19(4)12-9-11-18(2)3/h6-7,10-11,13-15,26H,5,8-9,12,16-17H2,1-4H3/b7-6?,19-15+. The van der Waals surface area contributed by atoms with Gasteiger partial charge in [-0.05, 0) is 64.7 Å². The number of para-hydroxylation sites is 1. The maximum atomic E-state index is 12.4. The van der Waals surface area contributed by atoms with E-state index in [1.165, 1.54) is 5.57 Å². The van der Waals surface area contributed by atoms with Gasteiger partial charge in [0, 0.05) is 0 Å². The minimum Gasteiger partial charge on any atom is -0.504 e. The molecule has 0 aliphatic rings. The van der Waals surface area contributed by atoms with Crippen molar-refractivity contribution in [3.8, 4) is 17.2 Å². The van der Waals surface area contributed by atoms with E-state index in [9.17, 15) is 9.90 Å². The van der Waals surface area contributed by atoms with E-state index in [2.05, 4.69) is 32.9 Å². The van der Waals surface area contributed by atoms with Gasteiger partial charge in [0.15, 0.2) is 17.1 Å². The largest absolute Gasteiger partial charge is 0.504 e. The summed E-state index contributed by atoms with van der Waals surface area (Å²) in [7, 11) is 0. The lowest BCUT2D eigenvalue weighted by Gasteiger charge is -2.10. The Labute approximate surface area is 178 Å². The van der Waals surface area contributed by atoms with Crippen molar-refractivity contribution >= 4 is 11.0 Å². The molecular weight excluding hydrogens is 380 g/mol. The number of hydrogen-bond acceptors (Lipinski definition) is 5. The predicted octanol–water partition coefficient (Wildman–Crippen LogP) is 6.31. The minimum absolute atomic E-state index is 0.182. The highest BCUT2D eigenvalue weighted by atomic mass is 16.5. The smallest absolute Gasteiger partial charge is 0.383 e. The van der Waals surface area contributed by atoms with Gasteiger partial charge in [-0.25, -0.2) is 4.79 Å². The van der Waals surface area contributed by atoms with Gasteiger partial charge in [-0.3, -0.25) is 0 Å². The average molecular weight is 413 g/mol. The van der Waals surface area contributed by atoms with Gasteiger partial charge in [0.2, 0.25) is 5.75 Å². The second-order valence-corrected chi connectivity index (χ2v) is 7.40. The van der Waals surface area contributed by atoms with Gasteiger partial charge in [-0.1, -0.05) is 42.4 Å². The molecule has 0 aliphatic heterocycles. The van der Waals surface area contributed by atoms with Gasteiger partial charge in [0.25, 0.3) is 0 Å². The monoisotopic (exact) mass is 412 g/mol. The van der Waals surface area contributed by atoms with Crippen molar-refractivity contribution in [3.63, 3.8) is 0 Å². The Morgan fingerprint density at radius 3 is 2.63 bits per heavy atom. The normalized spacial score (nSPS) is 11.8. The van der Waals surface area contributed by atoms with Crippen LogP contribution >= 0.6 is 0 Å². The highest BCUT2D eigenvalue weighted by Crippen LogP contribution is 2.35. The van der Waals surface area contributed by atoms with Crippen molar-refractivity contribution in [2.45, 2.75) is 53.4 Å². The van der Waals surface area contributed by atoms with Crippen LogP contribution in [0.25, 0.3) is 11.0 Å². The fourth-order valence-corrected chi connectivity index (χ4v) is 2.89. The Bertz CT molecular complexity index is 975. The zero-order chi connectivity index (χ0) is 21.9. The van der Waals surface area contributed by atoms with Crippen LogP contribution in [0.4, 0.5) is 0 Å². The van der Waals surface area contributed by atoms with E-state index < -0.39 is 5.63 Å². The highest BCUT2D eigenvalue weighted by Gasteiger charge is 2.17. The molecule has 0 amide bonds. The van der Waals surface area contributed by atoms with Crippen LogP contribution < -0.4 is 15.1 Å². The van der Waals surface area contributed by atoms with Gasteiger partial charge in [0.1, 0.15) is 6.61 Å². The molecule has 0 atom stereocenters. The first-order valence-electron chi connectivity index (χ1n) is 10.4. The summed E-state index contributed by atoms with van der Waals surface area (Å²) in [6.45, 7) is 8.87. The molecule has 5 nitrogen and oxygen atoms in total. The van der Waals surface area contributed by atoms with E-state index in [1.54, 1.807) is 18.2 Å². The van der Waals surface area contributed by atoms with Crippen LogP contribution in [-0.4, -0.2) is 18.3 Å². The van der Waals surface area contributed by atoms with Crippen molar-refractivity contribution in [1.82, 2.24) is 0 Å². The van der Waals surface area contributed by atoms with E-state index in [0.717, 1.165) is 31.3 Å². The zero-order valence-corrected chi connectivity index (χ0v) is 18.4. The van der Waals surface area contributed by atoms with Crippen molar-refractivity contribution in [3.05, 3.63) is 64.1 Å². The van der Waals surface area contributed by atoms with Gasteiger partial charge < -0.3 is 19.0 Å². The summed E-state index contributed by atoms with van der Waals surface area (Å²) in [5.41, 5.74) is 1.95. The molecule has 0 saturated carbocycles. The molecule has 1 N–H and O–H groups in total. The number of ether oxygens (including phenoxy) is 2. The quantitative estimate of drug-likeness (QED) is 0.266. The predicted molar refractivity (Wildman–Crippen MR) is 122 cm³/mol. The maximum absolute atomic E-state index is 12.4. The first-order valence-corrected chi connectivity index (χ1v) is 10.4. The maximum Gasteiger partial charge on any atom is 0.383 e.